The van der Waals surface area contributed by atoms with E-state index in [4.69, 9.17) is 5.11 Å². The molecule has 19 heavy (non-hydrogen) atoms. The molecule has 2 amide bonds. The van der Waals surface area contributed by atoms with Gasteiger partial charge in [0.05, 0.1) is 6.54 Å². The largest absolute Gasteiger partial charge is 0.396 e. The van der Waals surface area contributed by atoms with Crippen molar-refractivity contribution in [3.05, 3.63) is 0 Å². The quantitative estimate of drug-likeness (QED) is 0.611. The molecule has 1 fully saturated rings. The van der Waals surface area contributed by atoms with Crippen molar-refractivity contribution in [3.63, 3.8) is 0 Å². The molecular formula is C14H26N2O3. The standard InChI is InChI=1S/C14H26N2O3/c1-11(10-17)8-15-14(19)9-16-13(18)7-6-12-4-2-3-5-12/h11-12,17H,2-10H2,1H3,(H,15,19)(H,16,18). The van der Waals surface area contributed by atoms with Gasteiger partial charge in [0.15, 0.2) is 0 Å². The molecule has 5 nitrogen and oxygen atoms in total. The number of amides is 2. The van der Waals surface area contributed by atoms with Gasteiger partial charge in [0.1, 0.15) is 0 Å². The van der Waals surface area contributed by atoms with Crippen LogP contribution in [0.15, 0.2) is 0 Å². The zero-order valence-corrected chi connectivity index (χ0v) is 11.8. The average Bonchev–Trinajstić information content (AvgIpc) is 2.93. The Kier molecular flexibility index (Phi) is 7.48. The van der Waals surface area contributed by atoms with Crippen LogP contribution in [0.1, 0.15) is 45.4 Å². The third kappa shape index (κ3) is 7.15. The normalized spacial score (nSPS) is 17.2. The second-order valence-corrected chi connectivity index (χ2v) is 5.56. The summed E-state index contributed by atoms with van der Waals surface area (Å²) in [5.74, 6) is 0.499. The van der Waals surface area contributed by atoms with Crippen molar-refractivity contribution in [2.24, 2.45) is 11.8 Å². The SMILES string of the molecule is CC(CO)CNC(=O)CNC(=O)CCC1CCCC1. The lowest BCUT2D eigenvalue weighted by molar-refractivity contribution is -0.126. The zero-order chi connectivity index (χ0) is 14.1. The fraction of sp³-hybridized carbons (Fsp3) is 0.857. The van der Waals surface area contributed by atoms with Crippen LogP contribution in [-0.2, 0) is 9.59 Å². The monoisotopic (exact) mass is 270 g/mol. The third-order valence-corrected chi connectivity index (χ3v) is 3.66. The summed E-state index contributed by atoms with van der Waals surface area (Å²) in [4.78, 5) is 23.0. The summed E-state index contributed by atoms with van der Waals surface area (Å²) in [5.41, 5.74) is 0. The van der Waals surface area contributed by atoms with Gasteiger partial charge in [-0.15, -0.1) is 0 Å². The maximum absolute atomic E-state index is 11.6. The summed E-state index contributed by atoms with van der Waals surface area (Å²) in [6, 6.07) is 0. The van der Waals surface area contributed by atoms with Crippen LogP contribution in [0.4, 0.5) is 0 Å². The molecule has 0 aromatic heterocycles. The van der Waals surface area contributed by atoms with Crippen molar-refractivity contribution in [1.82, 2.24) is 10.6 Å². The molecule has 0 aromatic rings. The first-order chi connectivity index (χ1) is 9.11. The first-order valence-electron chi connectivity index (χ1n) is 7.26. The summed E-state index contributed by atoms with van der Waals surface area (Å²) in [6.07, 6.45) is 6.52. The average molecular weight is 270 g/mol. The molecule has 0 aliphatic heterocycles. The van der Waals surface area contributed by atoms with Crippen molar-refractivity contribution in [3.8, 4) is 0 Å². The Morgan fingerprint density at radius 1 is 1.21 bits per heavy atom. The predicted molar refractivity (Wildman–Crippen MR) is 73.5 cm³/mol. The van der Waals surface area contributed by atoms with Crippen molar-refractivity contribution in [2.45, 2.75) is 45.4 Å². The number of carbonyl (C=O) groups excluding carboxylic acids is 2. The number of carbonyl (C=O) groups is 2. The van der Waals surface area contributed by atoms with Crippen molar-refractivity contribution in [1.29, 1.82) is 0 Å². The van der Waals surface area contributed by atoms with E-state index in [0.717, 1.165) is 6.42 Å². The van der Waals surface area contributed by atoms with Crippen LogP contribution in [0.5, 0.6) is 0 Å². The lowest BCUT2D eigenvalue weighted by Gasteiger charge is -2.11. The van der Waals surface area contributed by atoms with Gasteiger partial charge in [0.2, 0.25) is 11.8 Å². The Morgan fingerprint density at radius 3 is 2.53 bits per heavy atom. The topological polar surface area (TPSA) is 78.4 Å². The second-order valence-electron chi connectivity index (χ2n) is 5.56. The van der Waals surface area contributed by atoms with Gasteiger partial charge in [0, 0.05) is 19.6 Å². The highest BCUT2D eigenvalue weighted by molar-refractivity contribution is 5.84. The number of aliphatic hydroxyl groups is 1. The van der Waals surface area contributed by atoms with Crippen LogP contribution >= 0.6 is 0 Å². The van der Waals surface area contributed by atoms with E-state index in [1.807, 2.05) is 6.92 Å². The van der Waals surface area contributed by atoms with E-state index in [0.29, 0.717) is 18.9 Å². The van der Waals surface area contributed by atoms with Crippen LogP contribution in [0.25, 0.3) is 0 Å². The fourth-order valence-corrected chi connectivity index (χ4v) is 2.32. The molecule has 1 aliphatic carbocycles. The van der Waals surface area contributed by atoms with Crippen LogP contribution in [0, 0.1) is 11.8 Å². The summed E-state index contributed by atoms with van der Waals surface area (Å²) in [7, 11) is 0. The first kappa shape index (κ1) is 16.0. The molecule has 3 N–H and O–H groups in total. The molecule has 1 unspecified atom stereocenters. The first-order valence-corrected chi connectivity index (χ1v) is 7.26. The van der Waals surface area contributed by atoms with E-state index in [2.05, 4.69) is 10.6 Å². The molecular weight excluding hydrogens is 244 g/mol. The molecule has 0 heterocycles. The van der Waals surface area contributed by atoms with E-state index >= 15 is 0 Å². The Bertz CT molecular complexity index is 288. The lowest BCUT2D eigenvalue weighted by atomic mass is 10.0. The molecule has 1 saturated carbocycles. The fourth-order valence-electron chi connectivity index (χ4n) is 2.32. The van der Waals surface area contributed by atoms with Crippen LogP contribution in [-0.4, -0.2) is 36.6 Å². The lowest BCUT2D eigenvalue weighted by Crippen LogP contribution is -2.39. The minimum Gasteiger partial charge on any atom is -0.396 e. The molecule has 1 atom stereocenters. The number of aliphatic hydroxyl groups excluding tert-OH is 1. The van der Waals surface area contributed by atoms with Gasteiger partial charge >= 0.3 is 0 Å². The smallest absolute Gasteiger partial charge is 0.239 e. The summed E-state index contributed by atoms with van der Waals surface area (Å²) < 4.78 is 0. The van der Waals surface area contributed by atoms with E-state index in [1.165, 1.54) is 25.7 Å². The van der Waals surface area contributed by atoms with Crippen molar-refractivity contribution < 1.29 is 14.7 Å². The van der Waals surface area contributed by atoms with E-state index in [1.54, 1.807) is 0 Å². The highest BCUT2D eigenvalue weighted by Crippen LogP contribution is 2.28. The molecule has 0 bridgehead atoms. The van der Waals surface area contributed by atoms with E-state index < -0.39 is 0 Å². The number of nitrogens with one attached hydrogen (secondary N) is 2. The van der Waals surface area contributed by atoms with Gasteiger partial charge in [-0.05, 0) is 18.3 Å². The number of hydrogen-bond donors (Lipinski definition) is 3. The zero-order valence-electron chi connectivity index (χ0n) is 11.8. The molecule has 0 radical (unpaired) electrons. The minimum atomic E-state index is -0.200. The van der Waals surface area contributed by atoms with Crippen LogP contribution in [0.3, 0.4) is 0 Å². The van der Waals surface area contributed by atoms with Gasteiger partial charge in [-0.1, -0.05) is 32.6 Å². The van der Waals surface area contributed by atoms with E-state index in [-0.39, 0.29) is 30.9 Å². The molecule has 110 valence electrons. The molecule has 1 aliphatic rings. The highest BCUT2D eigenvalue weighted by atomic mass is 16.3. The molecule has 1 rings (SSSR count). The Labute approximate surface area is 115 Å². The van der Waals surface area contributed by atoms with E-state index in [9.17, 15) is 9.59 Å². The van der Waals surface area contributed by atoms with Gasteiger partial charge in [0.25, 0.3) is 0 Å². The minimum absolute atomic E-state index is 0.0294. The molecule has 0 spiro atoms. The molecule has 0 saturated heterocycles. The summed E-state index contributed by atoms with van der Waals surface area (Å²) >= 11 is 0. The van der Waals surface area contributed by atoms with Crippen molar-refractivity contribution in [2.75, 3.05) is 19.7 Å². The Hall–Kier alpha value is -1.10. The third-order valence-electron chi connectivity index (χ3n) is 3.66. The van der Waals surface area contributed by atoms with Crippen LogP contribution in [0.2, 0.25) is 0 Å². The Morgan fingerprint density at radius 2 is 1.89 bits per heavy atom. The predicted octanol–water partition coefficient (Wildman–Crippen LogP) is 0.818. The summed E-state index contributed by atoms with van der Waals surface area (Å²) in [5, 5.41) is 14.1. The number of hydrogen-bond acceptors (Lipinski definition) is 3. The Balaban J connectivity index is 2.03. The molecule has 0 aromatic carbocycles. The van der Waals surface area contributed by atoms with Crippen molar-refractivity contribution >= 4 is 11.8 Å². The van der Waals surface area contributed by atoms with Gasteiger partial charge in [-0.25, -0.2) is 0 Å². The van der Waals surface area contributed by atoms with Gasteiger partial charge in [-0.2, -0.15) is 0 Å². The number of rotatable bonds is 8. The maximum atomic E-state index is 11.6. The molecule has 5 heteroatoms. The highest BCUT2D eigenvalue weighted by Gasteiger charge is 2.16. The van der Waals surface area contributed by atoms with Gasteiger partial charge < -0.3 is 15.7 Å². The maximum Gasteiger partial charge on any atom is 0.239 e. The summed E-state index contributed by atoms with van der Waals surface area (Å²) in [6.45, 7) is 2.36. The van der Waals surface area contributed by atoms with Gasteiger partial charge in [-0.3, -0.25) is 9.59 Å². The second kappa shape index (κ2) is 8.91. The van der Waals surface area contributed by atoms with Crippen LogP contribution < -0.4 is 10.6 Å².